The molecular formula is C14H17BrClFN2. The molecule has 0 N–H and O–H groups in total. The number of aromatic nitrogens is 2. The standard InChI is InChI=1S/C14H17ClFN2.BrH/c1-10(2)18-8-7-17(11(18)3)9-12-13(15)5-4-6-14(12)16;/h4-8,10H,9H2,1-3H3;1H/q+1;/p-1. The Hall–Kier alpha value is -0.870. The van der Waals surface area contributed by atoms with E-state index < -0.39 is 0 Å². The van der Waals surface area contributed by atoms with Crippen molar-refractivity contribution in [2.75, 3.05) is 0 Å². The average molecular weight is 348 g/mol. The molecule has 0 bridgehead atoms. The van der Waals surface area contributed by atoms with Gasteiger partial charge >= 0.3 is 0 Å². The van der Waals surface area contributed by atoms with Crippen LogP contribution in [0.25, 0.3) is 0 Å². The molecule has 2 rings (SSSR count). The summed E-state index contributed by atoms with van der Waals surface area (Å²) in [5.74, 6) is 0.830. The lowest BCUT2D eigenvalue weighted by Crippen LogP contribution is -3.00. The molecule has 1 aromatic carbocycles. The van der Waals surface area contributed by atoms with Crippen molar-refractivity contribution >= 4 is 11.6 Å². The van der Waals surface area contributed by atoms with Gasteiger partial charge in [-0.2, -0.15) is 0 Å². The van der Waals surface area contributed by atoms with Crippen LogP contribution in [0.2, 0.25) is 5.02 Å². The van der Waals surface area contributed by atoms with Crippen LogP contribution in [0, 0.1) is 12.7 Å². The third-order valence-corrected chi connectivity index (χ3v) is 3.50. The van der Waals surface area contributed by atoms with Gasteiger partial charge in [0.1, 0.15) is 24.8 Å². The highest BCUT2D eigenvalue weighted by Crippen LogP contribution is 2.18. The van der Waals surface area contributed by atoms with Gasteiger partial charge < -0.3 is 17.0 Å². The Kier molecular flexibility index (Phi) is 5.56. The predicted octanol–water partition coefficient (Wildman–Crippen LogP) is 0.510. The van der Waals surface area contributed by atoms with Crippen LogP contribution in [-0.2, 0) is 6.54 Å². The van der Waals surface area contributed by atoms with Gasteiger partial charge in [0.25, 0.3) is 5.82 Å². The van der Waals surface area contributed by atoms with E-state index in [0.717, 1.165) is 5.82 Å². The van der Waals surface area contributed by atoms with Gasteiger partial charge in [0.15, 0.2) is 0 Å². The largest absolute Gasteiger partial charge is 1.00 e. The van der Waals surface area contributed by atoms with Gasteiger partial charge in [-0.15, -0.1) is 0 Å². The van der Waals surface area contributed by atoms with E-state index in [9.17, 15) is 4.39 Å². The Labute approximate surface area is 128 Å². The SMILES string of the molecule is Cc1n(C(C)C)cc[n+]1Cc1c(F)cccc1Cl.[Br-]. The highest BCUT2D eigenvalue weighted by atomic mass is 79.9. The van der Waals surface area contributed by atoms with Crippen LogP contribution in [-0.4, -0.2) is 4.57 Å². The Morgan fingerprint density at radius 2 is 2.05 bits per heavy atom. The van der Waals surface area contributed by atoms with E-state index in [1.807, 2.05) is 23.9 Å². The Morgan fingerprint density at radius 3 is 2.58 bits per heavy atom. The van der Waals surface area contributed by atoms with Gasteiger partial charge in [0.05, 0.1) is 11.1 Å². The molecule has 2 nitrogen and oxygen atoms in total. The molecule has 2 aromatic rings. The number of imidazole rings is 1. The Balaban J connectivity index is 0.00000180. The maximum atomic E-state index is 13.7. The first-order valence-corrected chi connectivity index (χ1v) is 6.38. The van der Waals surface area contributed by atoms with E-state index in [1.165, 1.54) is 6.07 Å². The zero-order valence-electron chi connectivity index (χ0n) is 11.2. The van der Waals surface area contributed by atoms with E-state index in [4.69, 9.17) is 11.6 Å². The first kappa shape index (κ1) is 16.2. The quantitative estimate of drug-likeness (QED) is 0.716. The molecule has 104 valence electrons. The molecule has 1 aromatic heterocycles. The molecule has 0 amide bonds. The molecule has 0 aliphatic carbocycles. The minimum absolute atomic E-state index is 0. The molecule has 0 spiro atoms. The molecular weight excluding hydrogens is 331 g/mol. The maximum Gasteiger partial charge on any atom is 0.253 e. The van der Waals surface area contributed by atoms with Crippen LogP contribution in [0.5, 0.6) is 0 Å². The number of rotatable bonds is 3. The van der Waals surface area contributed by atoms with Gasteiger partial charge in [-0.25, -0.2) is 13.5 Å². The zero-order valence-corrected chi connectivity index (χ0v) is 13.5. The van der Waals surface area contributed by atoms with Crippen molar-refractivity contribution in [3.63, 3.8) is 0 Å². The van der Waals surface area contributed by atoms with Crippen molar-refractivity contribution in [2.24, 2.45) is 0 Å². The van der Waals surface area contributed by atoms with Crippen LogP contribution < -0.4 is 21.5 Å². The van der Waals surface area contributed by atoms with Crippen LogP contribution in [0.4, 0.5) is 4.39 Å². The number of hydrogen-bond donors (Lipinski definition) is 0. The minimum Gasteiger partial charge on any atom is -1.00 e. The number of halogens is 3. The summed E-state index contributed by atoms with van der Waals surface area (Å²) in [6.07, 6.45) is 3.97. The summed E-state index contributed by atoms with van der Waals surface area (Å²) < 4.78 is 17.9. The van der Waals surface area contributed by atoms with Crippen LogP contribution in [0.3, 0.4) is 0 Å². The summed E-state index contributed by atoms with van der Waals surface area (Å²) in [5, 5.41) is 0.471. The predicted molar refractivity (Wildman–Crippen MR) is 70.3 cm³/mol. The fourth-order valence-corrected chi connectivity index (χ4v) is 2.31. The molecule has 0 fully saturated rings. The third-order valence-electron chi connectivity index (χ3n) is 3.14. The maximum absolute atomic E-state index is 13.7. The fraction of sp³-hybridized carbons (Fsp3) is 0.357. The van der Waals surface area contributed by atoms with Crippen molar-refractivity contribution in [3.05, 3.63) is 52.8 Å². The number of nitrogens with zero attached hydrogens (tertiary/aromatic N) is 2. The molecule has 0 saturated carbocycles. The van der Waals surface area contributed by atoms with E-state index in [0.29, 0.717) is 23.2 Å². The summed E-state index contributed by atoms with van der Waals surface area (Å²) in [7, 11) is 0. The van der Waals surface area contributed by atoms with Crippen molar-refractivity contribution in [3.8, 4) is 0 Å². The highest BCUT2D eigenvalue weighted by Gasteiger charge is 2.17. The fourth-order valence-electron chi connectivity index (χ4n) is 2.08. The van der Waals surface area contributed by atoms with Crippen LogP contribution in [0.15, 0.2) is 30.6 Å². The van der Waals surface area contributed by atoms with Crippen molar-refractivity contribution in [1.82, 2.24) is 4.57 Å². The van der Waals surface area contributed by atoms with Gasteiger partial charge in [-0.1, -0.05) is 17.7 Å². The first-order chi connectivity index (χ1) is 8.50. The summed E-state index contributed by atoms with van der Waals surface area (Å²) in [4.78, 5) is 0. The second-order valence-electron chi connectivity index (χ2n) is 4.67. The summed E-state index contributed by atoms with van der Waals surface area (Å²) in [6, 6.07) is 5.17. The molecule has 0 atom stereocenters. The molecule has 0 radical (unpaired) electrons. The second-order valence-corrected chi connectivity index (χ2v) is 5.08. The topological polar surface area (TPSA) is 8.81 Å². The van der Waals surface area contributed by atoms with Crippen LogP contribution >= 0.6 is 11.6 Å². The zero-order chi connectivity index (χ0) is 13.3. The molecule has 0 aliphatic heterocycles. The first-order valence-electron chi connectivity index (χ1n) is 6.00. The van der Waals surface area contributed by atoms with Gasteiger partial charge in [-0.05, 0) is 26.0 Å². The Bertz CT molecular complexity index is 546. The van der Waals surface area contributed by atoms with E-state index >= 15 is 0 Å². The summed E-state index contributed by atoms with van der Waals surface area (Å²) in [5.41, 5.74) is 0.536. The lowest BCUT2D eigenvalue weighted by atomic mass is 10.2. The highest BCUT2D eigenvalue weighted by molar-refractivity contribution is 6.31. The summed E-state index contributed by atoms with van der Waals surface area (Å²) in [6.45, 7) is 6.71. The summed E-state index contributed by atoms with van der Waals surface area (Å²) >= 11 is 6.04. The van der Waals surface area contributed by atoms with Crippen molar-refractivity contribution in [1.29, 1.82) is 0 Å². The van der Waals surface area contributed by atoms with Gasteiger partial charge in [0.2, 0.25) is 0 Å². The molecule has 0 saturated heterocycles. The van der Waals surface area contributed by atoms with Gasteiger partial charge in [0, 0.05) is 12.5 Å². The normalized spacial score (nSPS) is 10.6. The minimum atomic E-state index is -0.258. The second kappa shape index (κ2) is 6.53. The average Bonchev–Trinajstić information content (AvgIpc) is 2.66. The molecule has 5 heteroatoms. The van der Waals surface area contributed by atoms with E-state index in [-0.39, 0.29) is 22.8 Å². The number of hydrogen-bond acceptors (Lipinski definition) is 0. The van der Waals surface area contributed by atoms with Crippen molar-refractivity contribution < 1.29 is 25.9 Å². The molecule has 0 unspecified atom stereocenters. The molecule has 19 heavy (non-hydrogen) atoms. The molecule has 0 aliphatic rings. The van der Waals surface area contributed by atoms with Crippen LogP contribution in [0.1, 0.15) is 31.3 Å². The van der Waals surface area contributed by atoms with Crippen molar-refractivity contribution in [2.45, 2.75) is 33.4 Å². The van der Waals surface area contributed by atoms with Gasteiger partial charge in [-0.3, -0.25) is 0 Å². The molecule has 1 heterocycles. The Morgan fingerprint density at radius 1 is 1.37 bits per heavy atom. The lowest BCUT2D eigenvalue weighted by molar-refractivity contribution is -0.694. The monoisotopic (exact) mass is 346 g/mol. The smallest absolute Gasteiger partial charge is 0.253 e. The van der Waals surface area contributed by atoms with E-state index in [2.05, 4.69) is 18.4 Å². The lowest BCUT2D eigenvalue weighted by Gasteiger charge is -2.06. The van der Waals surface area contributed by atoms with E-state index in [1.54, 1.807) is 12.1 Å². The third kappa shape index (κ3) is 3.37. The number of benzene rings is 1.